The summed E-state index contributed by atoms with van der Waals surface area (Å²) in [5.74, 6) is -0.174. The highest BCUT2D eigenvalue weighted by Crippen LogP contribution is 2.40. The molecule has 1 unspecified atom stereocenters. The molecule has 1 aliphatic rings. The topological polar surface area (TPSA) is 55.4 Å². The lowest BCUT2D eigenvalue weighted by molar-refractivity contribution is -0.146. The number of carbonyl (C=O) groups is 2. The fourth-order valence-electron chi connectivity index (χ4n) is 1.95. The molecule has 0 radical (unpaired) electrons. The largest absolute Gasteiger partial charge is 0.456 e. The van der Waals surface area contributed by atoms with Crippen molar-refractivity contribution >= 4 is 11.9 Å². The van der Waals surface area contributed by atoms with Gasteiger partial charge in [0.1, 0.15) is 0 Å². The first-order valence-corrected chi connectivity index (χ1v) is 6.14. The molecular weight excluding hydrogens is 230 g/mol. The molecule has 18 heavy (non-hydrogen) atoms. The van der Waals surface area contributed by atoms with Gasteiger partial charge in [-0.05, 0) is 24.3 Å². The van der Waals surface area contributed by atoms with Gasteiger partial charge in [0.25, 0.3) is 5.91 Å². The quantitative estimate of drug-likeness (QED) is 0.807. The van der Waals surface area contributed by atoms with Crippen LogP contribution in [0.15, 0.2) is 30.3 Å². The van der Waals surface area contributed by atoms with Crippen molar-refractivity contribution < 1.29 is 14.3 Å². The molecule has 1 N–H and O–H groups in total. The van der Waals surface area contributed by atoms with Crippen LogP contribution in [-0.2, 0) is 14.3 Å². The lowest BCUT2D eigenvalue weighted by Gasteiger charge is -2.18. The first-order valence-electron chi connectivity index (χ1n) is 6.14. The van der Waals surface area contributed by atoms with Crippen LogP contribution in [0.1, 0.15) is 31.4 Å². The number of benzene rings is 1. The number of hydrogen-bond donors (Lipinski definition) is 1. The van der Waals surface area contributed by atoms with Crippen molar-refractivity contribution in [3.05, 3.63) is 35.9 Å². The molecule has 96 valence electrons. The Morgan fingerprint density at radius 2 is 2.00 bits per heavy atom. The second-order valence-electron chi connectivity index (χ2n) is 4.57. The average Bonchev–Trinajstić information content (AvgIpc) is 3.19. The highest BCUT2D eigenvalue weighted by Gasteiger charge is 2.33. The van der Waals surface area contributed by atoms with E-state index in [9.17, 15) is 9.59 Å². The Morgan fingerprint density at radius 1 is 1.33 bits per heavy atom. The zero-order valence-corrected chi connectivity index (χ0v) is 10.4. The van der Waals surface area contributed by atoms with Crippen molar-refractivity contribution in [2.75, 3.05) is 6.61 Å². The van der Waals surface area contributed by atoms with E-state index >= 15 is 0 Å². The van der Waals surface area contributed by atoms with Crippen molar-refractivity contribution in [2.45, 2.75) is 25.8 Å². The van der Waals surface area contributed by atoms with E-state index in [0.29, 0.717) is 5.92 Å². The Bertz CT molecular complexity index is 426. The van der Waals surface area contributed by atoms with E-state index in [0.717, 1.165) is 18.4 Å². The van der Waals surface area contributed by atoms with Gasteiger partial charge in [-0.25, -0.2) is 0 Å². The minimum absolute atomic E-state index is 0.0364. The third-order valence-corrected chi connectivity index (χ3v) is 2.98. The van der Waals surface area contributed by atoms with Crippen LogP contribution in [0.4, 0.5) is 0 Å². The summed E-state index contributed by atoms with van der Waals surface area (Å²) in [5.41, 5.74) is 1.11. The Balaban J connectivity index is 1.95. The molecule has 1 saturated carbocycles. The molecule has 1 atom stereocenters. The third-order valence-electron chi connectivity index (χ3n) is 2.98. The molecule has 2 rings (SSSR count). The van der Waals surface area contributed by atoms with Crippen molar-refractivity contribution in [3.63, 3.8) is 0 Å². The van der Waals surface area contributed by atoms with Crippen LogP contribution in [0.2, 0.25) is 0 Å². The van der Waals surface area contributed by atoms with E-state index in [1.807, 2.05) is 30.3 Å². The van der Waals surface area contributed by atoms with Crippen molar-refractivity contribution in [2.24, 2.45) is 5.92 Å². The van der Waals surface area contributed by atoms with Gasteiger partial charge in [0.05, 0.1) is 6.04 Å². The van der Waals surface area contributed by atoms with Gasteiger partial charge >= 0.3 is 5.97 Å². The second-order valence-corrected chi connectivity index (χ2v) is 4.57. The molecule has 1 aromatic carbocycles. The monoisotopic (exact) mass is 247 g/mol. The molecule has 0 spiro atoms. The number of carbonyl (C=O) groups excluding carboxylic acids is 2. The minimum Gasteiger partial charge on any atom is -0.456 e. The summed E-state index contributed by atoms with van der Waals surface area (Å²) in [6.45, 7) is 1.09. The average molecular weight is 247 g/mol. The van der Waals surface area contributed by atoms with E-state index in [-0.39, 0.29) is 18.6 Å². The lowest BCUT2D eigenvalue weighted by Crippen LogP contribution is -2.33. The highest BCUT2D eigenvalue weighted by atomic mass is 16.5. The maximum absolute atomic E-state index is 11.7. The van der Waals surface area contributed by atoms with Crippen molar-refractivity contribution in [1.29, 1.82) is 0 Å². The molecule has 4 nitrogen and oxygen atoms in total. The van der Waals surface area contributed by atoms with Crippen LogP contribution >= 0.6 is 0 Å². The molecular formula is C14H17NO3. The van der Waals surface area contributed by atoms with Gasteiger partial charge < -0.3 is 10.1 Å². The van der Waals surface area contributed by atoms with Crippen LogP contribution in [0.3, 0.4) is 0 Å². The van der Waals surface area contributed by atoms with E-state index in [4.69, 9.17) is 0 Å². The number of rotatable bonds is 5. The lowest BCUT2D eigenvalue weighted by atomic mass is 10.0. The predicted octanol–water partition coefficient (Wildman–Crippen LogP) is 1.82. The summed E-state index contributed by atoms with van der Waals surface area (Å²) in [6, 6.07) is 9.93. The maximum Gasteiger partial charge on any atom is 0.303 e. The van der Waals surface area contributed by atoms with E-state index in [2.05, 4.69) is 10.1 Å². The Kier molecular flexibility index (Phi) is 3.97. The summed E-state index contributed by atoms with van der Waals surface area (Å²) in [7, 11) is 0. The van der Waals surface area contributed by atoms with E-state index < -0.39 is 5.97 Å². The Labute approximate surface area is 106 Å². The zero-order chi connectivity index (χ0) is 13.0. The van der Waals surface area contributed by atoms with Crippen LogP contribution in [0.25, 0.3) is 0 Å². The number of amides is 1. The normalized spacial score (nSPS) is 15.8. The fourth-order valence-corrected chi connectivity index (χ4v) is 1.95. The van der Waals surface area contributed by atoms with Gasteiger partial charge in [-0.1, -0.05) is 30.3 Å². The molecule has 1 fully saturated rings. The number of esters is 1. The maximum atomic E-state index is 11.7. The Hall–Kier alpha value is -1.84. The smallest absolute Gasteiger partial charge is 0.303 e. The molecule has 1 amide bonds. The van der Waals surface area contributed by atoms with Crippen LogP contribution in [0.5, 0.6) is 0 Å². The van der Waals surface area contributed by atoms with Gasteiger partial charge in [0.2, 0.25) is 0 Å². The van der Waals surface area contributed by atoms with Gasteiger partial charge in [0.15, 0.2) is 6.61 Å². The standard InChI is InChI=1S/C14H17NO3/c1-10(16)18-9-13(17)15-14(12-7-8-12)11-5-3-2-4-6-11/h2-6,12,14H,7-9H2,1H3,(H,15,17). The number of hydrogen-bond acceptors (Lipinski definition) is 3. The SMILES string of the molecule is CC(=O)OCC(=O)NC(c1ccccc1)C1CC1. The molecule has 1 aromatic rings. The van der Waals surface area contributed by atoms with Gasteiger partial charge in [-0.3, -0.25) is 9.59 Å². The van der Waals surface area contributed by atoms with Crippen molar-refractivity contribution in [3.8, 4) is 0 Å². The fraction of sp³-hybridized carbons (Fsp3) is 0.429. The first kappa shape index (κ1) is 12.6. The van der Waals surface area contributed by atoms with Gasteiger partial charge in [-0.2, -0.15) is 0 Å². The van der Waals surface area contributed by atoms with Gasteiger partial charge in [0, 0.05) is 6.92 Å². The van der Waals surface area contributed by atoms with E-state index in [1.165, 1.54) is 6.92 Å². The summed E-state index contributed by atoms with van der Waals surface area (Å²) in [6.07, 6.45) is 2.26. The Morgan fingerprint density at radius 3 is 2.56 bits per heavy atom. The zero-order valence-electron chi connectivity index (χ0n) is 10.4. The number of nitrogens with one attached hydrogen (secondary N) is 1. The molecule has 1 aliphatic carbocycles. The van der Waals surface area contributed by atoms with Crippen LogP contribution in [-0.4, -0.2) is 18.5 Å². The summed E-state index contributed by atoms with van der Waals surface area (Å²) in [5, 5.41) is 2.93. The molecule has 0 saturated heterocycles. The summed E-state index contributed by atoms with van der Waals surface area (Å²) >= 11 is 0. The van der Waals surface area contributed by atoms with Crippen LogP contribution < -0.4 is 5.32 Å². The first-order chi connectivity index (χ1) is 8.66. The van der Waals surface area contributed by atoms with Crippen LogP contribution in [0, 0.1) is 5.92 Å². The molecule has 0 aliphatic heterocycles. The van der Waals surface area contributed by atoms with E-state index in [1.54, 1.807) is 0 Å². The number of ether oxygens (including phenoxy) is 1. The molecule has 0 aromatic heterocycles. The molecule has 0 heterocycles. The summed E-state index contributed by atoms with van der Waals surface area (Å²) in [4.78, 5) is 22.3. The van der Waals surface area contributed by atoms with Gasteiger partial charge in [-0.15, -0.1) is 0 Å². The second kappa shape index (κ2) is 5.67. The summed E-state index contributed by atoms with van der Waals surface area (Å²) < 4.78 is 4.69. The van der Waals surface area contributed by atoms with Crippen molar-refractivity contribution in [1.82, 2.24) is 5.32 Å². The molecule has 4 heteroatoms. The molecule has 0 bridgehead atoms. The minimum atomic E-state index is -0.437. The highest BCUT2D eigenvalue weighted by molar-refractivity contribution is 5.80. The predicted molar refractivity (Wildman–Crippen MR) is 66.7 cm³/mol. The third kappa shape index (κ3) is 3.58.